The molecule has 1 saturated heterocycles. The molecule has 1 amide bonds. The molecule has 1 N–H and O–H groups in total. The van der Waals surface area contributed by atoms with E-state index in [1.807, 2.05) is 0 Å². The van der Waals surface area contributed by atoms with Gasteiger partial charge < -0.3 is 19.7 Å². The largest absolute Gasteiger partial charge is 0.467 e. The zero-order valence-corrected chi connectivity index (χ0v) is 18.8. The van der Waals surface area contributed by atoms with Crippen molar-refractivity contribution in [2.45, 2.75) is 45.0 Å². The maximum absolute atomic E-state index is 14.7. The minimum Gasteiger partial charge on any atom is -0.467 e. The topological polar surface area (TPSA) is 76.6 Å². The molecular weight excluding hydrogens is 488 g/mol. The average molecular weight is 509 g/mol. The Kier molecular flexibility index (Phi) is 6.23. The van der Waals surface area contributed by atoms with Crippen LogP contribution in [0.1, 0.15) is 32.8 Å². The number of fused-ring (bicyclic) bond motifs is 1. The summed E-state index contributed by atoms with van der Waals surface area (Å²) in [5.41, 5.74) is -2.16. The summed E-state index contributed by atoms with van der Waals surface area (Å²) in [5.74, 6) is -1.19. The monoisotopic (exact) mass is 508 g/mol. The number of benzene rings is 1. The van der Waals surface area contributed by atoms with Gasteiger partial charge in [0.15, 0.2) is 5.82 Å². The molecule has 12 heteroatoms. The number of carbonyl (C=O) groups excluding carboxylic acids is 1. The Balaban J connectivity index is 1.95. The fourth-order valence-electron chi connectivity index (χ4n) is 3.15. The maximum atomic E-state index is 14.7. The van der Waals surface area contributed by atoms with E-state index in [-0.39, 0.29) is 35.3 Å². The Morgan fingerprint density at radius 2 is 1.97 bits per heavy atom. The number of hydrogen-bond acceptors (Lipinski definition) is 6. The van der Waals surface area contributed by atoms with E-state index in [0.29, 0.717) is 13.0 Å². The van der Waals surface area contributed by atoms with E-state index in [0.717, 1.165) is 6.07 Å². The molecule has 1 aromatic heterocycles. The third-order valence-corrected chi connectivity index (χ3v) is 5.29. The van der Waals surface area contributed by atoms with Crippen LogP contribution in [-0.2, 0) is 10.9 Å². The highest BCUT2D eigenvalue weighted by molar-refractivity contribution is 9.10. The predicted octanol–water partition coefficient (Wildman–Crippen LogP) is 4.98. The van der Waals surface area contributed by atoms with Gasteiger partial charge in [-0.2, -0.15) is 23.1 Å². The molecule has 31 heavy (non-hydrogen) atoms. The molecule has 1 unspecified atom stereocenters. The number of likely N-dealkylation sites (tertiary alicyclic amines) is 1. The summed E-state index contributed by atoms with van der Waals surface area (Å²) in [6.07, 6.45) is -4.78. The van der Waals surface area contributed by atoms with Gasteiger partial charge in [-0.15, -0.1) is 0 Å². The molecule has 0 spiro atoms. The highest BCUT2D eigenvalue weighted by atomic mass is 79.9. The molecule has 1 aromatic carbocycles. The smallest absolute Gasteiger partial charge is 0.417 e. The lowest BCUT2D eigenvalue weighted by atomic mass is 10.1. The summed E-state index contributed by atoms with van der Waals surface area (Å²) < 4.78 is 64.4. The van der Waals surface area contributed by atoms with Gasteiger partial charge in [-0.3, -0.25) is 0 Å². The van der Waals surface area contributed by atoms with Gasteiger partial charge in [-0.05, 0) is 49.2 Å². The van der Waals surface area contributed by atoms with Crippen LogP contribution in [0, 0.1) is 5.82 Å². The molecule has 0 saturated carbocycles. The molecule has 3 rings (SSSR count). The van der Waals surface area contributed by atoms with Gasteiger partial charge in [0, 0.05) is 24.5 Å². The van der Waals surface area contributed by atoms with Gasteiger partial charge in [0.1, 0.15) is 16.9 Å². The number of hydrogen-bond donors (Lipinski definition) is 1. The number of alkyl halides is 3. The number of rotatable bonds is 3. The van der Waals surface area contributed by atoms with Gasteiger partial charge >= 0.3 is 18.3 Å². The number of amides is 1. The number of methoxy groups -OCH3 is 1. The van der Waals surface area contributed by atoms with Crippen molar-refractivity contribution in [1.82, 2.24) is 14.9 Å². The Labute approximate surface area is 184 Å². The molecule has 1 aliphatic heterocycles. The van der Waals surface area contributed by atoms with Crippen molar-refractivity contribution in [2.75, 3.05) is 25.5 Å². The summed E-state index contributed by atoms with van der Waals surface area (Å²) in [6, 6.07) is 0.240. The standard InChI is InChI=1S/C19H21BrF4N4O3/c1-18(2,3)31-17(29)28-6-5-9(8-28)25-15-10-7-11(19(22,23)24)12(20)13(21)14(10)26-16(27-15)30-4/h7,9H,5-6,8H2,1-4H3,(H,25,26,27). The van der Waals surface area contributed by atoms with E-state index in [4.69, 9.17) is 9.47 Å². The molecule has 7 nitrogen and oxygen atoms in total. The molecule has 2 heterocycles. The van der Waals surface area contributed by atoms with E-state index >= 15 is 0 Å². The Morgan fingerprint density at radius 3 is 2.55 bits per heavy atom. The zero-order valence-electron chi connectivity index (χ0n) is 17.2. The third-order valence-electron chi connectivity index (χ3n) is 4.52. The Hall–Kier alpha value is -2.37. The van der Waals surface area contributed by atoms with E-state index in [9.17, 15) is 22.4 Å². The molecule has 1 aliphatic rings. The van der Waals surface area contributed by atoms with Crippen molar-refractivity contribution in [1.29, 1.82) is 0 Å². The normalized spacial score (nSPS) is 17.2. The Morgan fingerprint density at radius 1 is 1.29 bits per heavy atom. The molecule has 2 aromatic rings. The summed E-state index contributed by atoms with van der Waals surface area (Å²) in [7, 11) is 1.27. The van der Waals surface area contributed by atoms with Crippen LogP contribution in [-0.4, -0.2) is 52.8 Å². The average Bonchev–Trinajstić information content (AvgIpc) is 3.11. The fourth-order valence-corrected chi connectivity index (χ4v) is 3.68. The summed E-state index contributed by atoms with van der Waals surface area (Å²) >= 11 is 2.67. The van der Waals surface area contributed by atoms with Crippen molar-refractivity contribution in [3.05, 3.63) is 21.9 Å². The number of carbonyl (C=O) groups is 1. The van der Waals surface area contributed by atoms with Crippen molar-refractivity contribution >= 4 is 38.7 Å². The van der Waals surface area contributed by atoms with Crippen molar-refractivity contribution in [3.63, 3.8) is 0 Å². The first-order valence-electron chi connectivity index (χ1n) is 9.35. The maximum Gasteiger partial charge on any atom is 0.417 e. The molecule has 1 fully saturated rings. The van der Waals surface area contributed by atoms with E-state index < -0.39 is 33.7 Å². The highest BCUT2D eigenvalue weighted by Gasteiger charge is 2.36. The predicted molar refractivity (Wildman–Crippen MR) is 109 cm³/mol. The van der Waals surface area contributed by atoms with E-state index in [2.05, 4.69) is 31.2 Å². The number of nitrogens with zero attached hydrogens (tertiary/aromatic N) is 3. The van der Waals surface area contributed by atoms with Crippen molar-refractivity contribution in [2.24, 2.45) is 0 Å². The number of nitrogens with one attached hydrogen (secondary N) is 1. The lowest BCUT2D eigenvalue weighted by Gasteiger charge is -2.24. The minimum absolute atomic E-state index is 0.0187. The quantitative estimate of drug-likeness (QED) is 0.589. The molecule has 0 radical (unpaired) electrons. The number of ether oxygens (including phenoxy) is 2. The van der Waals surface area contributed by atoms with Gasteiger partial charge in [0.2, 0.25) is 0 Å². The van der Waals surface area contributed by atoms with Gasteiger partial charge in [-0.25, -0.2) is 9.18 Å². The van der Waals surface area contributed by atoms with Crippen molar-refractivity contribution in [3.8, 4) is 6.01 Å². The highest BCUT2D eigenvalue weighted by Crippen LogP contribution is 2.40. The summed E-state index contributed by atoms with van der Waals surface area (Å²) in [4.78, 5) is 21.7. The van der Waals surface area contributed by atoms with E-state index in [1.54, 1.807) is 20.8 Å². The second-order valence-corrected chi connectivity index (χ2v) is 8.85. The molecular formula is C19H21BrF4N4O3. The van der Waals surface area contributed by atoms with Crippen LogP contribution in [0.5, 0.6) is 6.01 Å². The Bertz CT molecular complexity index is 1010. The number of anilines is 1. The van der Waals surface area contributed by atoms with Crippen LogP contribution in [0.4, 0.5) is 28.2 Å². The van der Waals surface area contributed by atoms with Crippen LogP contribution in [0.2, 0.25) is 0 Å². The van der Waals surface area contributed by atoms with E-state index in [1.165, 1.54) is 12.0 Å². The summed E-state index contributed by atoms with van der Waals surface area (Å²) in [6.45, 7) is 5.89. The first kappa shape index (κ1) is 23.3. The van der Waals surface area contributed by atoms with Gasteiger partial charge in [0.25, 0.3) is 0 Å². The number of aromatic nitrogens is 2. The number of halogens is 5. The van der Waals surface area contributed by atoms with Gasteiger partial charge in [-0.1, -0.05) is 0 Å². The van der Waals surface area contributed by atoms with Crippen LogP contribution in [0.25, 0.3) is 10.9 Å². The zero-order chi connectivity index (χ0) is 23.1. The second-order valence-electron chi connectivity index (χ2n) is 8.06. The van der Waals surface area contributed by atoms with Crippen molar-refractivity contribution < 1.29 is 31.8 Å². The fraction of sp³-hybridized carbons (Fsp3) is 0.526. The first-order chi connectivity index (χ1) is 14.3. The third kappa shape index (κ3) is 5.10. The summed E-state index contributed by atoms with van der Waals surface area (Å²) in [5, 5.41) is 2.85. The SMILES string of the molecule is COc1nc(NC2CCN(C(=O)OC(C)(C)C)C2)c2cc(C(F)(F)F)c(Br)c(F)c2n1. The molecule has 0 bridgehead atoms. The van der Waals surface area contributed by atoms with Crippen LogP contribution < -0.4 is 10.1 Å². The molecule has 170 valence electrons. The second kappa shape index (κ2) is 8.29. The van der Waals surface area contributed by atoms with Gasteiger partial charge in [0.05, 0.1) is 17.1 Å². The lowest BCUT2D eigenvalue weighted by molar-refractivity contribution is -0.138. The lowest BCUT2D eigenvalue weighted by Crippen LogP contribution is -2.36. The first-order valence-corrected chi connectivity index (χ1v) is 10.1. The minimum atomic E-state index is -4.79. The van der Waals surface area contributed by atoms with Crippen LogP contribution >= 0.6 is 15.9 Å². The molecule has 0 aliphatic carbocycles. The van der Waals surface area contributed by atoms with Crippen LogP contribution in [0.15, 0.2) is 10.5 Å². The van der Waals surface area contributed by atoms with Crippen LogP contribution in [0.3, 0.4) is 0 Å². The molecule has 1 atom stereocenters.